The van der Waals surface area contributed by atoms with E-state index in [4.69, 9.17) is 0 Å². The first-order valence-corrected chi connectivity index (χ1v) is 9.51. The number of hydrogen-bond donors (Lipinski definition) is 0. The molecule has 0 atom stereocenters. The first kappa shape index (κ1) is 16.8. The third kappa shape index (κ3) is 2.69. The molecule has 0 bridgehead atoms. The van der Waals surface area contributed by atoms with Gasteiger partial charge < -0.3 is 4.57 Å². The maximum absolute atomic E-state index is 14.6. The van der Waals surface area contributed by atoms with Crippen LogP contribution in [0.25, 0.3) is 27.0 Å². The average molecular weight is 391 g/mol. The summed E-state index contributed by atoms with van der Waals surface area (Å²) in [6, 6.07) is 8.72. The van der Waals surface area contributed by atoms with Crippen LogP contribution in [0.15, 0.2) is 59.1 Å². The number of rotatable bonds is 3. The zero-order valence-corrected chi connectivity index (χ0v) is 15.7. The number of pyridine rings is 3. The first-order chi connectivity index (χ1) is 13.6. The summed E-state index contributed by atoms with van der Waals surface area (Å²) in [5.41, 5.74) is 2.48. The molecule has 0 aliphatic carbocycles. The van der Waals surface area contributed by atoms with Gasteiger partial charge in [0.25, 0.3) is 5.56 Å². The molecular formula is C20H14FN5OS. The van der Waals surface area contributed by atoms with Crippen molar-refractivity contribution in [1.82, 2.24) is 24.1 Å². The summed E-state index contributed by atoms with van der Waals surface area (Å²) >= 11 is 1.55. The lowest BCUT2D eigenvalue weighted by molar-refractivity contribution is 0.629. The molecular weight excluding hydrogens is 377 g/mol. The number of nitrogens with zero attached hydrogens (tertiary/aromatic N) is 5. The Labute approximate surface area is 162 Å². The second-order valence-electron chi connectivity index (χ2n) is 6.56. The van der Waals surface area contributed by atoms with Crippen molar-refractivity contribution in [2.75, 3.05) is 0 Å². The molecule has 28 heavy (non-hydrogen) atoms. The van der Waals surface area contributed by atoms with Gasteiger partial charge >= 0.3 is 0 Å². The third-order valence-electron chi connectivity index (χ3n) is 4.60. The van der Waals surface area contributed by atoms with Gasteiger partial charge in [-0.1, -0.05) is 0 Å². The molecule has 5 rings (SSSR count). The highest BCUT2D eigenvalue weighted by molar-refractivity contribution is 7.13. The van der Waals surface area contributed by atoms with Crippen molar-refractivity contribution in [3.8, 4) is 10.4 Å². The Hall–Kier alpha value is -3.39. The van der Waals surface area contributed by atoms with Crippen molar-refractivity contribution in [3.63, 3.8) is 0 Å². The fourth-order valence-electron chi connectivity index (χ4n) is 3.22. The zero-order chi connectivity index (χ0) is 19.3. The van der Waals surface area contributed by atoms with Gasteiger partial charge in [0.1, 0.15) is 0 Å². The zero-order valence-electron chi connectivity index (χ0n) is 14.8. The number of halogens is 1. The summed E-state index contributed by atoms with van der Waals surface area (Å²) in [7, 11) is 0. The topological polar surface area (TPSA) is 65.1 Å². The molecule has 5 heterocycles. The second kappa shape index (κ2) is 6.35. The molecule has 8 heteroatoms. The van der Waals surface area contributed by atoms with Crippen LogP contribution in [0, 0.1) is 12.7 Å². The maximum atomic E-state index is 14.6. The lowest BCUT2D eigenvalue weighted by Crippen LogP contribution is -2.21. The van der Waals surface area contributed by atoms with Gasteiger partial charge in [-0.15, -0.1) is 21.5 Å². The summed E-state index contributed by atoms with van der Waals surface area (Å²) in [4.78, 5) is 17.9. The van der Waals surface area contributed by atoms with E-state index in [2.05, 4.69) is 15.2 Å². The summed E-state index contributed by atoms with van der Waals surface area (Å²) in [5.74, 6) is 0.0340. The summed E-state index contributed by atoms with van der Waals surface area (Å²) < 4.78 is 17.7. The Morgan fingerprint density at radius 1 is 1.21 bits per heavy atom. The van der Waals surface area contributed by atoms with Gasteiger partial charge in [0.15, 0.2) is 17.3 Å². The Morgan fingerprint density at radius 3 is 2.93 bits per heavy atom. The fraction of sp³-hybridized carbons (Fsp3) is 0.100. The van der Waals surface area contributed by atoms with Crippen LogP contribution in [-0.2, 0) is 6.54 Å². The van der Waals surface area contributed by atoms with Gasteiger partial charge in [0.05, 0.1) is 17.4 Å². The van der Waals surface area contributed by atoms with Crippen molar-refractivity contribution in [3.05, 3.63) is 81.9 Å². The number of fused-ring (bicyclic) bond motifs is 2. The van der Waals surface area contributed by atoms with E-state index < -0.39 is 5.82 Å². The average Bonchev–Trinajstić information content (AvgIpc) is 3.31. The molecule has 0 aliphatic heterocycles. The summed E-state index contributed by atoms with van der Waals surface area (Å²) in [6.07, 6.45) is 5.13. The van der Waals surface area contributed by atoms with E-state index in [1.165, 1.54) is 10.6 Å². The highest BCUT2D eigenvalue weighted by atomic mass is 32.1. The molecule has 138 valence electrons. The third-order valence-corrected chi connectivity index (χ3v) is 5.70. The van der Waals surface area contributed by atoms with E-state index in [1.54, 1.807) is 46.3 Å². The van der Waals surface area contributed by atoms with Crippen LogP contribution >= 0.6 is 11.3 Å². The quantitative estimate of drug-likeness (QED) is 0.471. The Kier molecular flexibility index (Phi) is 3.80. The van der Waals surface area contributed by atoms with Crippen LogP contribution < -0.4 is 5.56 Å². The van der Waals surface area contributed by atoms with Gasteiger partial charge in [-0.3, -0.25) is 14.2 Å². The van der Waals surface area contributed by atoms with Crippen molar-refractivity contribution in [2.45, 2.75) is 13.5 Å². The van der Waals surface area contributed by atoms with Crippen molar-refractivity contribution < 1.29 is 4.39 Å². The largest absolute Gasteiger partial charge is 0.307 e. The van der Waals surface area contributed by atoms with E-state index in [9.17, 15) is 9.18 Å². The Morgan fingerprint density at radius 2 is 2.11 bits per heavy atom. The standard InChI is InChI=1S/C20H14FN5OS/c1-12-7-17(28-11-12)13-8-15(21)19-24-23-18(26(19)9-13)10-25-6-4-16-14(20(25)27)3-2-5-22-16/h2-9,11H,10H2,1H3. The van der Waals surface area contributed by atoms with Gasteiger partial charge in [0, 0.05) is 29.0 Å². The Balaban J connectivity index is 1.63. The highest BCUT2D eigenvalue weighted by Crippen LogP contribution is 2.28. The molecule has 0 N–H and O–H groups in total. The normalized spacial score (nSPS) is 11.5. The molecule has 0 aliphatic rings. The van der Waals surface area contributed by atoms with Crippen molar-refractivity contribution in [1.29, 1.82) is 0 Å². The predicted octanol–water partition coefficient (Wildman–Crippen LogP) is 3.66. The SMILES string of the molecule is Cc1csc(-c2cc(F)c3nnc(Cn4ccc5ncccc5c4=O)n3c2)c1. The molecule has 5 aromatic rings. The lowest BCUT2D eigenvalue weighted by atomic mass is 10.2. The summed E-state index contributed by atoms with van der Waals surface area (Å²) in [5, 5.41) is 10.6. The Bertz CT molecular complexity index is 1400. The van der Waals surface area contributed by atoms with E-state index in [1.807, 2.05) is 24.6 Å². The molecule has 6 nitrogen and oxygen atoms in total. The minimum absolute atomic E-state index is 0.141. The van der Waals surface area contributed by atoms with E-state index in [-0.39, 0.29) is 17.8 Å². The molecule has 5 aromatic heterocycles. The summed E-state index contributed by atoms with van der Waals surface area (Å²) in [6.45, 7) is 2.18. The van der Waals surface area contributed by atoms with E-state index in [0.717, 1.165) is 16.0 Å². The lowest BCUT2D eigenvalue weighted by Gasteiger charge is -2.07. The number of hydrogen-bond acceptors (Lipinski definition) is 5. The first-order valence-electron chi connectivity index (χ1n) is 8.63. The van der Waals surface area contributed by atoms with Crippen molar-refractivity contribution in [2.24, 2.45) is 0 Å². The van der Waals surface area contributed by atoms with Crippen LogP contribution in [0.4, 0.5) is 4.39 Å². The van der Waals surface area contributed by atoms with Gasteiger partial charge in [0.2, 0.25) is 0 Å². The van der Waals surface area contributed by atoms with Gasteiger partial charge in [-0.25, -0.2) is 4.39 Å². The van der Waals surface area contributed by atoms with Crippen molar-refractivity contribution >= 4 is 27.9 Å². The molecule has 0 radical (unpaired) electrons. The molecule has 0 aromatic carbocycles. The molecule has 0 fully saturated rings. The molecule has 0 amide bonds. The highest BCUT2D eigenvalue weighted by Gasteiger charge is 2.14. The second-order valence-corrected chi connectivity index (χ2v) is 7.47. The van der Waals surface area contributed by atoms with Crippen LogP contribution in [0.1, 0.15) is 11.4 Å². The number of thiophene rings is 1. The minimum atomic E-state index is -0.447. The fourth-order valence-corrected chi connectivity index (χ4v) is 4.10. The van der Waals surface area contributed by atoms with Crippen LogP contribution in [0.2, 0.25) is 0 Å². The minimum Gasteiger partial charge on any atom is -0.307 e. The molecule has 0 saturated heterocycles. The smallest absolute Gasteiger partial charge is 0.260 e. The monoisotopic (exact) mass is 391 g/mol. The number of aromatic nitrogens is 5. The molecule has 0 spiro atoms. The van der Waals surface area contributed by atoms with Gasteiger partial charge in [-0.05, 0) is 48.2 Å². The van der Waals surface area contributed by atoms with E-state index in [0.29, 0.717) is 16.7 Å². The van der Waals surface area contributed by atoms with Gasteiger partial charge in [-0.2, -0.15) is 0 Å². The molecule has 0 unspecified atom stereocenters. The number of aryl methyl sites for hydroxylation is 1. The molecule has 0 saturated carbocycles. The maximum Gasteiger partial charge on any atom is 0.260 e. The van der Waals surface area contributed by atoms with Crippen LogP contribution in [-0.4, -0.2) is 24.1 Å². The van der Waals surface area contributed by atoms with E-state index >= 15 is 0 Å². The van der Waals surface area contributed by atoms with Crippen LogP contribution in [0.3, 0.4) is 0 Å². The van der Waals surface area contributed by atoms with Crippen LogP contribution in [0.5, 0.6) is 0 Å². The predicted molar refractivity (Wildman–Crippen MR) is 106 cm³/mol.